The van der Waals surface area contributed by atoms with E-state index in [1.807, 2.05) is 0 Å². The number of carbonyl (C=O) groups is 1. The summed E-state index contributed by atoms with van der Waals surface area (Å²) in [6.45, 7) is 2.78. The lowest BCUT2D eigenvalue weighted by atomic mass is 10.3. The highest BCUT2D eigenvalue weighted by molar-refractivity contribution is 9.10. The van der Waals surface area contributed by atoms with Crippen molar-refractivity contribution in [1.29, 1.82) is 0 Å². The van der Waals surface area contributed by atoms with Gasteiger partial charge in [-0.2, -0.15) is 0 Å². The largest absolute Gasteiger partial charge is 0.458 e. The quantitative estimate of drug-likeness (QED) is 0.829. The highest BCUT2D eigenvalue weighted by atomic mass is 79.9. The lowest BCUT2D eigenvalue weighted by Gasteiger charge is -2.01. The second-order valence-corrected chi connectivity index (χ2v) is 3.56. The van der Waals surface area contributed by atoms with Gasteiger partial charge in [0.05, 0.1) is 10.7 Å². The van der Waals surface area contributed by atoms with E-state index >= 15 is 0 Å². The van der Waals surface area contributed by atoms with Crippen molar-refractivity contribution < 1.29 is 9.21 Å². The predicted molar refractivity (Wildman–Crippen MR) is 53.6 cm³/mol. The van der Waals surface area contributed by atoms with Crippen LogP contribution < -0.4 is 5.32 Å². The molecule has 0 aliphatic carbocycles. The molecule has 0 atom stereocenters. The van der Waals surface area contributed by atoms with E-state index < -0.39 is 0 Å². The van der Waals surface area contributed by atoms with Crippen LogP contribution in [0.25, 0.3) is 0 Å². The van der Waals surface area contributed by atoms with Crippen LogP contribution >= 0.6 is 15.9 Å². The van der Waals surface area contributed by atoms with E-state index in [1.165, 1.54) is 6.26 Å². The number of amides is 1. The minimum atomic E-state index is -0.162. The Balaban J connectivity index is 2.45. The summed E-state index contributed by atoms with van der Waals surface area (Å²) < 4.78 is 5.69. The minimum Gasteiger partial charge on any atom is -0.458 e. The van der Waals surface area contributed by atoms with Crippen LogP contribution in [0.5, 0.6) is 0 Å². The smallest absolute Gasteiger partial charge is 0.288 e. The van der Waals surface area contributed by atoms with Crippen LogP contribution in [0.4, 0.5) is 0 Å². The summed E-state index contributed by atoms with van der Waals surface area (Å²) in [6.07, 6.45) is 3.54. The van der Waals surface area contributed by atoms with Crippen molar-refractivity contribution in [2.75, 3.05) is 6.54 Å². The maximum atomic E-state index is 11.4. The SMILES string of the molecule is CCCCNC(=O)c1occc1Br. The van der Waals surface area contributed by atoms with E-state index in [0.29, 0.717) is 16.8 Å². The van der Waals surface area contributed by atoms with E-state index in [-0.39, 0.29) is 5.91 Å². The number of rotatable bonds is 4. The van der Waals surface area contributed by atoms with Gasteiger partial charge in [0, 0.05) is 6.54 Å². The van der Waals surface area contributed by atoms with Crippen LogP contribution in [-0.2, 0) is 0 Å². The molecule has 1 rings (SSSR count). The average molecular weight is 246 g/mol. The van der Waals surface area contributed by atoms with Crippen molar-refractivity contribution in [3.05, 3.63) is 22.6 Å². The zero-order valence-electron chi connectivity index (χ0n) is 7.47. The summed E-state index contributed by atoms with van der Waals surface area (Å²) in [6, 6.07) is 1.70. The molecular formula is C9H12BrNO2. The van der Waals surface area contributed by atoms with Crippen molar-refractivity contribution in [1.82, 2.24) is 5.32 Å². The molecule has 1 N–H and O–H groups in total. The summed E-state index contributed by atoms with van der Waals surface area (Å²) in [4.78, 5) is 11.4. The molecule has 13 heavy (non-hydrogen) atoms. The molecule has 0 spiro atoms. The first-order chi connectivity index (χ1) is 6.25. The number of unbranched alkanes of at least 4 members (excludes halogenated alkanes) is 1. The molecule has 0 fully saturated rings. The monoisotopic (exact) mass is 245 g/mol. The third kappa shape index (κ3) is 2.88. The van der Waals surface area contributed by atoms with Gasteiger partial charge in [-0.15, -0.1) is 0 Å². The van der Waals surface area contributed by atoms with Gasteiger partial charge >= 0.3 is 0 Å². The predicted octanol–water partition coefficient (Wildman–Crippen LogP) is 2.57. The van der Waals surface area contributed by atoms with Crippen molar-refractivity contribution >= 4 is 21.8 Å². The fourth-order valence-electron chi connectivity index (χ4n) is 0.915. The fraction of sp³-hybridized carbons (Fsp3) is 0.444. The standard InChI is InChI=1S/C9H12BrNO2/c1-2-3-5-11-9(12)8-7(10)4-6-13-8/h4,6H,2-3,5H2,1H3,(H,11,12). The molecular weight excluding hydrogens is 234 g/mol. The van der Waals surface area contributed by atoms with Crippen LogP contribution in [0.2, 0.25) is 0 Å². The summed E-state index contributed by atoms with van der Waals surface area (Å²) in [5, 5.41) is 2.76. The highest BCUT2D eigenvalue weighted by Crippen LogP contribution is 2.16. The molecule has 0 bridgehead atoms. The van der Waals surface area contributed by atoms with E-state index in [2.05, 4.69) is 28.2 Å². The first-order valence-corrected chi connectivity index (χ1v) is 5.06. The highest BCUT2D eigenvalue weighted by Gasteiger charge is 2.11. The topological polar surface area (TPSA) is 42.2 Å². The molecule has 1 heterocycles. The van der Waals surface area contributed by atoms with E-state index in [9.17, 15) is 4.79 Å². The maximum absolute atomic E-state index is 11.4. The van der Waals surface area contributed by atoms with Crippen LogP contribution in [-0.4, -0.2) is 12.5 Å². The first kappa shape index (κ1) is 10.3. The molecule has 1 aromatic rings. The Labute approximate surface area is 85.6 Å². The normalized spacial score (nSPS) is 10.0. The summed E-state index contributed by atoms with van der Waals surface area (Å²) in [5.74, 6) is 0.182. The Hall–Kier alpha value is -0.770. The third-order valence-electron chi connectivity index (χ3n) is 1.64. The average Bonchev–Trinajstić information content (AvgIpc) is 2.52. The molecule has 0 aromatic carbocycles. The second-order valence-electron chi connectivity index (χ2n) is 2.71. The van der Waals surface area contributed by atoms with Gasteiger partial charge in [-0.3, -0.25) is 4.79 Å². The van der Waals surface area contributed by atoms with E-state index in [4.69, 9.17) is 4.42 Å². The van der Waals surface area contributed by atoms with Gasteiger partial charge in [0.15, 0.2) is 0 Å². The molecule has 0 aliphatic rings. The molecule has 72 valence electrons. The van der Waals surface area contributed by atoms with Gasteiger partial charge in [-0.25, -0.2) is 0 Å². The molecule has 1 aromatic heterocycles. The number of hydrogen-bond donors (Lipinski definition) is 1. The van der Waals surface area contributed by atoms with Crippen molar-refractivity contribution in [2.24, 2.45) is 0 Å². The van der Waals surface area contributed by atoms with Crippen molar-refractivity contribution in [3.63, 3.8) is 0 Å². The van der Waals surface area contributed by atoms with Crippen LogP contribution in [0.15, 0.2) is 21.2 Å². The van der Waals surface area contributed by atoms with E-state index in [0.717, 1.165) is 12.8 Å². The number of halogens is 1. The van der Waals surface area contributed by atoms with Crippen LogP contribution in [0.1, 0.15) is 30.3 Å². The Morgan fingerprint density at radius 1 is 1.69 bits per heavy atom. The fourth-order valence-corrected chi connectivity index (χ4v) is 1.30. The van der Waals surface area contributed by atoms with Gasteiger partial charge in [0.25, 0.3) is 5.91 Å². The Morgan fingerprint density at radius 2 is 2.46 bits per heavy atom. The second kappa shape index (κ2) is 5.07. The molecule has 0 saturated heterocycles. The van der Waals surface area contributed by atoms with Gasteiger partial charge in [-0.1, -0.05) is 13.3 Å². The number of carbonyl (C=O) groups excluding carboxylic acids is 1. The number of nitrogens with one attached hydrogen (secondary N) is 1. The first-order valence-electron chi connectivity index (χ1n) is 4.27. The van der Waals surface area contributed by atoms with Gasteiger partial charge in [-0.05, 0) is 28.4 Å². The molecule has 3 nitrogen and oxygen atoms in total. The van der Waals surface area contributed by atoms with E-state index in [1.54, 1.807) is 6.07 Å². The lowest BCUT2D eigenvalue weighted by molar-refractivity contribution is 0.0924. The zero-order chi connectivity index (χ0) is 9.68. The molecule has 0 aliphatic heterocycles. The maximum Gasteiger partial charge on any atom is 0.288 e. The van der Waals surface area contributed by atoms with Crippen LogP contribution in [0, 0.1) is 0 Å². The molecule has 1 amide bonds. The molecule has 0 saturated carbocycles. The Kier molecular flexibility index (Phi) is 4.02. The minimum absolute atomic E-state index is 0.162. The molecule has 4 heteroatoms. The Morgan fingerprint density at radius 3 is 3.00 bits per heavy atom. The summed E-state index contributed by atoms with van der Waals surface area (Å²) in [7, 11) is 0. The number of hydrogen-bond acceptors (Lipinski definition) is 2. The van der Waals surface area contributed by atoms with Crippen molar-refractivity contribution in [2.45, 2.75) is 19.8 Å². The number of furan rings is 1. The van der Waals surface area contributed by atoms with Gasteiger partial charge < -0.3 is 9.73 Å². The Bertz CT molecular complexity index is 283. The summed E-state index contributed by atoms with van der Waals surface area (Å²) >= 11 is 3.22. The van der Waals surface area contributed by atoms with Crippen molar-refractivity contribution in [3.8, 4) is 0 Å². The molecule has 0 radical (unpaired) electrons. The van der Waals surface area contributed by atoms with Crippen LogP contribution in [0.3, 0.4) is 0 Å². The third-order valence-corrected chi connectivity index (χ3v) is 2.26. The van der Waals surface area contributed by atoms with Gasteiger partial charge in [0.2, 0.25) is 5.76 Å². The lowest BCUT2D eigenvalue weighted by Crippen LogP contribution is -2.24. The molecule has 0 unspecified atom stereocenters. The summed E-state index contributed by atoms with van der Waals surface area (Å²) in [5.41, 5.74) is 0. The zero-order valence-corrected chi connectivity index (χ0v) is 9.06. The van der Waals surface area contributed by atoms with Gasteiger partial charge in [0.1, 0.15) is 0 Å².